The summed E-state index contributed by atoms with van der Waals surface area (Å²) in [6, 6.07) is 3.61. The second-order valence-electron chi connectivity index (χ2n) is 6.64. The van der Waals surface area contributed by atoms with E-state index in [-0.39, 0.29) is 18.3 Å². The predicted octanol–water partition coefficient (Wildman–Crippen LogP) is 2.10. The summed E-state index contributed by atoms with van der Waals surface area (Å²) in [5.41, 5.74) is 0.401. The SMILES string of the molecule is OC[C@H]1CN(Cc2cc(F)ccc2F)C[C@H]1CN1CCCC1. The molecule has 122 valence electrons. The van der Waals surface area contributed by atoms with Crippen molar-refractivity contribution in [3.63, 3.8) is 0 Å². The topological polar surface area (TPSA) is 26.7 Å². The molecule has 0 saturated carbocycles. The fraction of sp³-hybridized carbons (Fsp3) is 0.647. The third-order valence-corrected chi connectivity index (χ3v) is 4.98. The van der Waals surface area contributed by atoms with E-state index in [2.05, 4.69) is 9.80 Å². The Hall–Kier alpha value is -1.04. The van der Waals surface area contributed by atoms with Crippen LogP contribution >= 0.6 is 0 Å². The maximum absolute atomic E-state index is 13.8. The number of aliphatic hydroxyl groups excluding tert-OH is 1. The third kappa shape index (κ3) is 3.65. The van der Waals surface area contributed by atoms with Crippen LogP contribution in [0.2, 0.25) is 0 Å². The largest absolute Gasteiger partial charge is 0.396 e. The lowest BCUT2D eigenvalue weighted by Crippen LogP contribution is -2.31. The summed E-state index contributed by atoms with van der Waals surface area (Å²) in [5, 5.41) is 9.61. The first-order valence-electron chi connectivity index (χ1n) is 8.15. The van der Waals surface area contributed by atoms with Crippen LogP contribution in [0.4, 0.5) is 8.78 Å². The second-order valence-corrected chi connectivity index (χ2v) is 6.64. The van der Waals surface area contributed by atoms with Crippen LogP contribution in [-0.4, -0.2) is 54.2 Å². The van der Waals surface area contributed by atoms with Crippen molar-refractivity contribution >= 4 is 0 Å². The molecule has 0 spiro atoms. The lowest BCUT2D eigenvalue weighted by atomic mass is 9.96. The van der Waals surface area contributed by atoms with Crippen LogP contribution in [0.25, 0.3) is 0 Å². The Bertz CT molecular complexity index is 505. The lowest BCUT2D eigenvalue weighted by Gasteiger charge is -2.23. The van der Waals surface area contributed by atoms with Gasteiger partial charge in [-0.15, -0.1) is 0 Å². The van der Waals surface area contributed by atoms with E-state index >= 15 is 0 Å². The van der Waals surface area contributed by atoms with Gasteiger partial charge < -0.3 is 10.0 Å². The lowest BCUT2D eigenvalue weighted by molar-refractivity contribution is 0.175. The van der Waals surface area contributed by atoms with E-state index in [0.717, 1.165) is 38.8 Å². The molecule has 3 nitrogen and oxygen atoms in total. The van der Waals surface area contributed by atoms with Gasteiger partial charge in [0.05, 0.1) is 0 Å². The fourth-order valence-electron chi connectivity index (χ4n) is 3.78. The smallest absolute Gasteiger partial charge is 0.127 e. The molecule has 0 aromatic heterocycles. The molecular weight excluding hydrogens is 286 g/mol. The highest BCUT2D eigenvalue weighted by atomic mass is 19.1. The molecule has 3 rings (SSSR count). The summed E-state index contributed by atoms with van der Waals surface area (Å²) in [5.74, 6) is -0.107. The van der Waals surface area contributed by atoms with Crippen LogP contribution in [0.1, 0.15) is 18.4 Å². The van der Waals surface area contributed by atoms with Crippen molar-refractivity contribution in [3.05, 3.63) is 35.4 Å². The molecule has 0 aliphatic carbocycles. The van der Waals surface area contributed by atoms with Gasteiger partial charge in [0.1, 0.15) is 11.6 Å². The molecule has 2 heterocycles. The van der Waals surface area contributed by atoms with E-state index < -0.39 is 5.82 Å². The number of halogens is 2. The van der Waals surface area contributed by atoms with Gasteiger partial charge in [0, 0.05) is 38.3 Å². The minimum atomic E-state index is -0.400. The zero-order valence-electron chi connectivity index (χ0n) is 12.8. The van der Waals surface area contributed by atoms with E-state index in [9.17, 15) is 13.9 Å². The molecule has 2 aliphatic rings. The van der Waals surface area contributed by atoms with Crippen molar-refractivity contribution in [2.45, 2.75) is 19.4 Å². The number of aliphatic hydroxyl groups is 1. The molecule has 22 heavy (non-hydrogen) atoms. The van der Waals surface area contributed by atoms with Gasteiger partial charge in [0.25, 0.3) is 0 Å². The zero-order chi connectivity index (χ0) is 15.5. The minimum absolute atomic E-state index is 0.167. The van der Waals surface area contributed by atoms with E-state index in [1.807, 2.05) is 0 Å². The van der Waals surface area contributed by atoms with Crippen LogP contribution in [0, 0.1) is 23.5 Å². The van der Waals surface area contributed by atoms with Crippen molar-refractivity contribution in [2.75, 3.05) is 39.3 Å². The first-order valence-corrected chi connectivity index (χ1v) is 8.15. The number of likely N-dealkylation sites (tertiary alicyclic amines) is 2. The molecule has 2 saturated heterocycles. The highest BCUT2D eigenvalue weighted by Gasteiger charge is 2.34. The normalized spacial score (nSPS) is 26.9. The van der Waals surface area contributed by atoms with Gasteiger partial charge in [-0.1, -0.05) is 0 Å². The van der Waals surface area contributed by atoms with Crippen molar-refractivity contribution < 1.29 is 13.9 Å². The molecule has 0 bridgehead atoms. The molecule has 1 aromatic carbocycles. The highest BCUT2D eigenvalue weighted by Crippen LogP contribution is 2.27. The van der Waals surface area contributed by atoms with Crippen LogP contribution in [-0.2, 0) is 6.54 Å². The maximum atomic E-state index is 13.8. The van der Waals surface area contributed by atoms with E-state index in [1.54, 1.807) is 0 Å². The molecule has 0 amide bonds. The molecule has 1 N–H and O–H groups in total. The van der Waals surface area contributed by atoms with E-state index in [1.165, 1.54) is 25.0 Å². The first-order chi connectivity index (χ1) is 10.7. The van der Waals surface area contributed by atoms with E-state index in [4.69, 9.17) is 0 Å². The Labute approximate surface area is 130 Å². The van der Waals surface area contributed by atoms with Gasteiger partial charge in [-0.2, -0.15) is 0 Å². The summed E-state index contributed by atoms with van der Waals surface area (Å²) >= 11 is 0. The maximum Gasteiger partial charge on any atom is 0.127 e. The summed E-state index contributed by atoms with van der Waals surface area (Å²) in [4.78, 5) is 4.60. The molecule has 2 fully saturated rings. The first kappa shape index (κ1) is 15.8. The Morgan fingerprint density at radius 1 is 1.05 bits per heavy atom. The third-order valence-electron chi connectivity index (χ3n) is 4.98. The Morgan fingerprint density at radius 3 is 2.50 bits per heavy atom. The van der Waals surface area contributed by atoms with Gasteiger partial charge in [-0.25, -0.2) is 8.78 Å². The van der Waals surface area contributed by atoms with Crippen LogP contribution in [0.15, 0.2) is 18.2 Å². The van der Waals surface area contributed by atoms with Gasteiger partial charge in [-0.3, -0.25) is 4.90 Å². The Balaban J connectivity index is 1.62. The van der Waals surface area contributed by atoms with Gasteiger partial charge in [-0.05, 0) is 56.0 Å². The van der Waals surface area contributed by atoms with Crippen molar-refractivity contribution in [1.82, 2.24) is 9.80 Å². The van der Waals surface area contributed by atoms with Crippen LogP contribution in [0.3, 0.4) is 0 Å². The van der Waals surface area contributed by atoms with Crippen molar-refractivity contribution in [3.8, 4) is 0 Å². The summed E-state index contributed by atoms with van der Waals surface area (Å²) in [7, 11) is 0. The number of rotatable bonds is 5. The Morgan fingerprint density at radius 2 is 1.77 bits per heavy atom. The average molecular weight is 310 g/mol. The molecule has 5 heteroatoms. The minimum Gasteiger partial charge on any atom is -0.396 e. The standard InChI is InChI=1S/C17H24F2N2O/c18-16-3-4-17(19)13(7-16)8-21-10-14(15(11-21)12-22)9-20-5-1-2-6-20/h3-4,7,14-15,22H,1-2,5-6,8-12H2/t14-,15-/m1/s1. The fourth-order valence-corrected chi connectivity index (χ4v) is 3.78. The molecule has 0 unspecified atom stereocenters. The van der Waals surface area contributed by atoms with Crippen LogP contribution in [0.5, 0.6) is 0 Å². The summed E-state index contributed by atoms with van der Waals surface area (Å²) in [6.07, 6.45) is 2.52. The molecule has 0 radical (unpaired) electrons. The summed E-state index contributed by atoms with van der Waals surface area (Å²) in [6.45, 7) is 5.48. The quantitative estimate of drug-likeness (QED) is 0.902. The predicted molar refractivity (Wildman–Crippen MR) is 81.4 cm³/mol. The number of nitrogens with zero attached hydrogens (tertiary/aromatic N) is 2. The van der Waals surface area contributed by atoms with Gasteiger partial charge >= 0.3 is 0 Å². The molecular formula is C17H24F2N2O. The van der Waals surface area contributed by atoms with Crippen LogP contribution < -0.4 is 0 Å². The van der Waals surface area contributed by atoms with Crippen molar-refractivity contribution in [2.24, 2.45) is 11.8 Å². The van der Waals surface area contributed by atoms with Gasteiger partial charge in [0.15, 0.2) is 0 Å². The Kier molecular flexibility index (Phi) is 5.06. The zero-order valence-corrected chi connectivity index (χ0v) is 12.8. The monoisotopic (exact) mass is 310 g/mol. The van der Waals surface area contributed by atoms with E-state index in [0.29, 0.717) is 18.0 Å². The number of benzene rings is 1. The number of hydrogen-bond donors (Lipinski definition) is 1. The van der Waals surface area contributed by atoms with Crippen molar-refractivity contribution in [1.29, 1.82) is 0 Å². The molecule has 1 aromatic rings. The average Bonchev–Trinajstić information content (AvgIpc) is 3.13. The second kappa shape index (κ2) is 7.02. The number of hydrogen-bond acceptors (Lipinski definition) is 3. The molecule has 2 aliphatic heterocycles. The molecule has 2 atom stereocenters. The van der Waals surface area contributed by atoms with Gasteiger partial charge in [0.2, 0.25) is 0 Å². The summed E-state index contributed by atoms with van der Waals surface area (Å²) < 4.78 is 27.1. The highest BCUT2D eigenvalue weighted by molar-refractivity contribution is 5.18.